The first kappa shape index (κ1) is 22.8. The summed E-state index contributed by atoms with van der Waals surface area (Å²) in [6.45, 7) is 1.30. The van der Waals surface area contributed by atoms with E-state index in [2.05, 4.69) is 26.7 Å². The van der Waals surface area contributed by atoms with Crippen LogP contribution < -0.4 is 10.7 Å². The van der Waals surface area contributed by atoms with Crippen LogP contribution in [0.15, 0.2) is 46.9 Å². The van der Waals surface area contributed by atoms with Crippen LogP contribution in [0.2, 0.25) is 5.02 Å². The van der Waals surface area contributed by atoms with Crippen molar-refractivity contribution >= 4 is 56.9 Å². The van der Waals surface area contributed by atoms with Crippen LogP contribution in [-0.4, -0.2) is 41.9 Å². The van der Waals surface area contributed by atoms with Crippen molar-refractivity contribution in [3.8, 4) is 0 Å². The Labute approximate surface area is 192 Å². The fourth-order valence-corrected chi connectivity index (χ4v) is 3.71. The maximum absolute atomic E-state index is 12.3. The van der Waals surface area contributed by atoms with Crippen LogP contribution in [0.3, 0.4) is 0 Å². The number of aryl methyl sites for hydroxylation is 1. The number of amides is 3. The highest BCUT2D eigenvalue weighted by Crippen LogP contribution is 2.21. The summed E-state index contributed by atoms with van der Waals surface area (Å²) >= 11 is 9.33. The second kappa shape index (κ2) is 9.93. The number of nitrogens with zero attached hydrogens (tertiary/aromatic N) is 1. The number of anilines is 1. The number of esters is 1. The summed E-state index contributed by atoms with van der Waals surface area (Å²) in [7, 11) is 0. The molecule has 0 aromatic heterocycles. The summed E-state index contributed by atoms with van der Waals surface area (Å²) in [5, 5.41) is 3.97. The highest BCUT2D eigenvalue weighted by molar-refractivity contribution is 9.10. The molecule has 3 amide bonds. The van der Waals surface area contributed by atoms with Crippen LogP contribution in [0, 0.1) is 12.8 Å². The van der Waals surface area contributed by atoms with Gasteiger partial charge in [-0.05, 0) is 42.8 Å². The van der Waals surface area contributed by atoms with Gasteiger partial charge in [-0.2, -0.15) is 0 Å². The number of carbonyl (C=O) groups excluding carboxylic acids is 4. The molecule has 10 heteroatoms. The molecule has 1 aliphatic rings. The Morgan fingerprint density at radius 1 is 1.23 bits per heavy atom. The summed E-state index contributed by atoms with van der Waals surface area (Å²) in [5.41, 5.74) is 4.11. The van der Waals surface area contributed by atoms with Gasteiger partial charge in [0.15, 0.2) is 6.61 Å². The van der Waals surface area contributed by atoms with Gasteiger partial charge in [-0.25, -0.2) is 0 Å². The van der Waals surface area contributed by atoms with Crippen molar-refractivity contribution in [2.75, 3.05) is 18.5 Å². The lowest BCUT2D eigenvalue weighted by Gasteiger charge is -2.18. The topological polar surface area (TPSA) is 105 Å². The van der Waals surface area contributed by atoms with Crippen molar-refractivity contribution in [3.05, 3.63) is 63.1 Å². The monoisotopic (exact) mass is 507 g/mol. The van der Waals surface area contributed by atoms with Gasteiger partial charge in [0.1, 0.15) is 0 Å². The molecule has 1 heterocycles. The van der Waals surface area contributed by atoms with Crippen molar-refractivity contribution in [2.24, 2.45) is 5.92 Å². The molecule has 1 saturated heterocycles. The minimum absolute atomic E-state index is 0.0543. The molecule has 0 spiro atoms. The molecule has 3 rings (SSSR count). The Hall–Kier alpha value is -2.91. The van der Waals surface area contributed by atoms with Gasteiger partial charge in [-0.15, -0.1) is 0 Å². The largest absolute Gasteiger partial charge is 0.455 e. The number of halogens is 2. The summed E-state index contributed by atoms with van der Waals surface area (Å²) < 4.78 is 5.94. The zero-order chi connectivity index (χ0) is 22.5. The molecule has 0 bridgehead atoms. The number of hydrazine groups is 1. The van der Waals surface area contributed by atoms with Gasteiger partial charge in [-0.3, -0.25) is 29.6 Å². The number of carbonyl (C=O) groups is 4. The van der Waals surface area contributed by atoms with E-state index >= 15 is 0 Å². The molecule has 162 valence electrons. The highest BCUT2D eigenvalue weighted by atomic mass is 79.9. The van der Waals surface area contributed by atoms with E-state index in [4.69, 9.17) is 16.3 Å². The van der Waals surface area contributed by atoms with Crippen LogP contribution in [0.1, 0.15) is 22.3 Å². The average Bonchev–Trinajstić information content (AvgIpc) is 3.09. The molecule has 0 aliphatic carbocycles. The second-order valence-electron chi connectivity index (χ2n) is 6.94. The molecular weight excluding hydrogens is 490 g/mol. The number of rotatable bonds is 6. The lowest BCUT2D eigenvalue weighted by molar-refractivity contribution is -0.151. The maximum Gasteiger partial charge on any atom is 0.311 e. The fourth-order valence-electron chi connectivity index (χ4n) is 3.01. The summed E-state index contributed by atoms with van der Waals surface area (Å²) in [6.07, 6.45) is -0.130. The molecule has 2 aromatic carbocycles. The Morgan fingerprint density at radius 2 is 1.97 bits per heavy atom. The van der Waals surface area contributed by atoms with E-state index in [0.29, 0.717) is 5.69 Å². The lowest BCUT2D eigenvalue weighted by atomic mass is 10.1. The summed E-state index contributed by atoms with van der Waals surface area (Å²) in [4.78, 5) is 48.9. The molecule has 1 aliphatic heterocycles. The van der Waals surface area contributed by atoms with Crippen LogP contribution in [0.4, 0.5) is 5.69 Å². The van der Waals surface area contributed by atoms with E-state index in [1.54, 1.807) is 30.3 Å². The van der Waals surface area contributed by atoms with Crippen LogP contribution in [-0.2, 0) is 19.1 Å². The third kappa shape index (κ3) is 5.83. The fraction of sp³-hybridized carbons (Fsp3) is 0.238. The van der Waals surface area contributed by atoms with Gasteiger partial charge in [-0.1, -0.05) is 39.7 Å². The van der Waals surface area contributed by atoms with Crippen LogP contribution >= 0.6 is 27.5 Å². The van der Waals surface area contributed by atoms with E-state index in [9.17, 15) is 19.2 Å². The Bertz CT molecular complexity index is 1050. The third-order valence-corrected chi connectivity index (χ3v) is 5.44. The Balaban J connectivity index is 1.50. The van der Waals surface area contributed by atoms with E-state index < -0.39 is 36.2 Å². The second-order valence-corrected chi connectivity index (χ2v) is 8.26. The molecule has 1 fully saturated rings. The Kier molecular flexibility index (Phi) is 7.29. The number of ether oxygens (including phenoxy) is 1. The first-order chi connectivity index (χ1) is 14.7. The summed E-state index contributed by atoms with van der Waals surface area (Å²) in [5.74, 6) is -2.96. The molecule has 2 N–H and O–H groups in total. The quantitative estimate of drug-likeness (QED) is 0.584. The first-order valence-electron chi connectivity index (χ1n) is 9.33. The zero-order valence-electron chi connectivity index (χ0n) is 16.5. The number of nitrogens with one attached hydrogen (secondary N) is 2. The molecule has 0 saturated carbocycles. The van der Waals surface area contributed by atoms with Gasteiger partial charge < -0.3 is 10.1 Å². The van der Waals surface area contributed by atoms with Crippen molar-refractivity contribution in [1.82, 2.24) is 10.4 Å². The molecule has 0 unspecified atom stereocenters. The minimum Gasteiger partial charge on any atom is -0.455 e. The van der Waals surface area contributed by atoms with E-state index in [-0.39, 0.29) is 23.6 Å². The standard InChI is InChI=1S/C21H19BrClN3O5/c1-12-8-14(22)6-7-17(12)24-18(27)11-31-21(30)13-9-19(28)26(10-13)25-20(29)15-4-2-3-5-16(15)23/h2-8,13H,9-11H2,1H3,(H,24,27)(H,25,29)/t13-/m0/s1. The van der Waals surface area contributed by atoms with Crippen LogP contribution in [0.25, 0.3) is 0 Å². The van der Waals surface area contributed by atoms with Gasteiger partial charge in [0, 0.05) is 16.6 Å². The lowest BCUT2D eigenvalue weighted by Crippen LogP contribution is -2.43. The number of hydrogen-bond donors (Lipinski definition) is 2. The predicted octanol–water partition coefficient (Wildman–Crippen LogP) is 3.09. The van der Waals surface area contributed by atoms with Crippen molar-refractivity contribution in [2.45, 2.75) is 13.3 Å². The van der Waals surface area contributed by atoms with Crippen molar-refractivity contribution in [3.63, 3.8) is 0 Å². The van der Waals surface area contributed by atoms with Crippen molar-refractivity contribution < 1.29 is 23.9 Å². The van der Waals surface area contributed by atoms with Gasteiger partial charge in [0.25, 0.3) is 11.8 Å². The predicted molar refractivity (Wildman–Crippen MR) is 117 cm³/mol. The molecule has 0 radical (unpaired) electrons. The molecule has 1 atom stereocenters. The SMILES string of the molecule is Cc1cc(Br)ccc1NC(=O)COC(=O)[C@H]1CC(=O)N(NC(=O)c2ccccc2Cl)C1. The molecule has 8 nitrogen and oxygen atoms in total. The smallest absolute Gasteiger partial charge is 0.311 e. The van der Waals surface area contributed by atoms with E-state index in [1.165, 1.54) is 6.07 Å². The molecule has 2 aromatic rings. The number of benzene rings is 2. The molecule has 31 heavy (non-hydrogen) atoms. The highest BCUT2D eigenvalue weighted by Gasteiger charge is 2.37. The molecular formula is C21H19BrClN3O5. The first-order valence-corrected chi connectivity index (χ1v) is 10.5. The van der Waals surface area contributed by atoms with E-state index in [0.717, 1.165) is 15.0 Å². The van der Waals surface area contributed by atoms with Gasteiger partial charge in [0.2, 0.25) is 5.91 Å². The Morgan fingerprint density at radius 3 is 2.68 bits per heavy atom. The maximum atomic E-state index is 12.3. The summed E-state index contributed by atoms with van der Waals surface area (Å²) in [6, 6.07) is 11.8. The van der Waals surface area contributed by atoms with Gasteiger partial charge >= 0.3 is 5.97 Å². The van der Waals surface area contributed by atoms with Crippen molar-refractivity contribution in [1.29, 1.82) is 0 Å². The minimum atomic E-state index is -0.790. The van der Waals surface area contributed by atoms with Gasteiger partial charge in [0.05, 0.1) is 23.0 Å². The van der Waals surface area contributed by atoms with Crippen LogP contribution in [0.5, 0.6) is 0 Å². The normalized spacial score (nSPS) is 15.5. The average molecular weight is 509 g/mol. The van der Waals surface area contributed by atoms with E-state index in [1.807, 2.05) is 13.0 Å². The third-order valence-electron chi connectivity index (χ3n) is 4.62. The zero-order valence-corrected chi connectivity index (χ0v) is 18.8. The number of hydrogen-bond acceptors (Lipinski definition) is 5.